The second-order valence-electron chi connectivity index (χ2n) is 5.97. The Bertz CT molecular complexity index is 729. The number of nitriles is 1. The summed E-state index contributed by atoms with van der Waals surface area (Å²) in [6.45, 7) is 5.02. The first-order valence-corrected chi connectivity index (χ1v) is 9.83. The number of pyridine rings is 1. The lowest BCUT2D eigenvalue weighted by Gasteiger charge is -2.23. The van der Waals surface area contributed by atoms with Gasteiger partial charge in [0.1, 0.15) is 11.9 Å². The molecule has 1 aromatic carbocycles. The molecule has 0 saturated carbocycles. The average molecular weight is 373 g/mol. The quantitative estimate of drug-likeness (QED) is 0.744. The monoisotopic (exact) mass is 372 g/mol. The molecule has 1 fully saturated rings. The normalized spacial score (nSPS) is 15.6. The molecule has 1 aliphatic heterocycles. The zero-order valence-corrected chi connectivity index (χ0v) is 15.6. The number of benzene rings is 1. The van der Waals surface area contributed by atoms with Gasteiger partial charge in [0.05, 0.1) is 5.56 Å². The second-order valence-corrected chi connectivity index (χ2v) is 7.58. The zero-order valence-electron chi connectivity index (χ0n) is 14.1. The van der Waals surface area contributed by atoms with Gasteiger partial charge in [-0.3, -0.25) is 0 Å². The van der Waals surface area contributed by atoms with E-state index in [-0.39, 0.29) is 0 Å². The van der Waals surface area contributed by atoms with E-state index in [0.717, 1.165) is 55.7 Å². The first kappa shape index (κ1) is 18.1. The summed E-state index contributed by atoms with van der Waals surface area (Å²) >= 11 is 7.79. The molecule has 1 saturated heterocycles. The van der Waals surface area contributed by atoms with Crippen molar-refractivity contribution >= 4 is 29.2 Å². The fourth-order valence-corrected chi connectivity index (χ4v) is 4.01. The third kappa shape index (κ3) is 5.12. The average Bonchev–Trinajstić information content (AvgIpc) is 2.89. The minimum Gasteiger partial charge on any atom is -0.354 e. The highest BCUT2D eigenvalue weighted by Gasteiger charge is 2.18. The van der Waals surface area contributed by atoms with Gasteiger partial charge in [-0.05, 0) is 49.4 Å². The van der Waals surface area contributed by atoms with Crippen LogP contribution < -0.4 is 4.90 Å². The molecule has 2 heterocycles. The Hall–Kier alpha value is -1.74. The van der Waals surface area contributed by atoms with Crippen molar-refractivity contribution in [2.45, 2.75) is 11.3 Å². The van der Waals surface area contributed by atoms with E-state index in [1.54, 1.807) is 6.20 Å². The number of hydrogen-bond acceptors (Lipinski definition) is 5. The summed E-state index contributed by atoms with van der Waals surface area (Å²) in [4.78, 5) is 10.4. The molecule has 4 nitrogen and oxygen atoms in total. The minimum atomic E-state index is 0.661. The van der Waals surface area contributed by atoms with Crippen LogP contribution in [0.3, 0.4) is 0 Å². The van der Waals surface area contributed by atoms with Crippen molar-refractivity contribution in [3.05, 3.63) is 53.2 Å². The van der Waals surface area contributed by atoms with E-state index in [9.17, 15) is 5.26 Å². The standard InChI is InChI=1S/C19H21ClN4S/c20-17-4-6-18(7-5-17)25-14-13-23-9-2-10-24(12-11-23)19-16(15-21)3-1-8-22-19/h1,3-8H,2,9-14H2. The van der Waals surface area contributed by atoms with Crippen molar-refractivity contribution < 1.29 is 0 Å². The summed E-state index contributed by atoms with van der Waals surface area (Å²) in [5.41, 5.74) is 0.661. The van der Waals surface area contributed by atoms with Crippen LogP contribution in [0.1, 0.15) is 12.0 Å². The van der Waals surface area contributed by atoms with Gasteiger partial charge in [0, 0.05) is 48.0 Å². The van der Waals surface area contributed by atoms with Crippen LogP contribution in [0, 0.1) is 11.3 Å². The van der Waals surface area contributed by atoms with Gasteiger partial charge in [0.25, 0.3) is 0 Å². The summed E-state index contributed by atoms with van der Waals surface area (Å²) < 4.78 is 0. The van der Waals surface area contributed by atoms with E-state index in [0.29, 0.717) is 5.56 Å². The topological polar surface area (TPSA) is 43.2 Å². The van der Waals surface area contributed by atoms with Crippen LogP contribution in [-0.2, 0) is 0 Å². The van der Waals surface area contributed by atoms with Gasteiger partial charge < -0.3 is 9.80 Å². The van der Waals surface area contributed by atoms with Crippen molar-refractivity contribution in [3.63, 3.8) is 0 Å². The van der Waals surface area contributed by atoms with Gasteiger partial charge in [-0.2, -0.15) is 5.26 Å². The SMILES string of the molecule is N#Cc1cccnc1N1CCCN(CCSc2ccc(Cl)cc2)CC1. The van der Waals surface area contributed by atoms with Crippen molar-refractivity contribution in [1.82, 2.24) is 9.88 Å². The number of thioether (sulfide) groups is 1. The number of anilines is 1. The van der Waals surface area contributed by atoms with E-state index in [2.05, 4.69) is 33.0 Å². The van der Waals surface area contributed by atoms with Crippen molar-refractivity contribution in [1.29, 1.82) is 5.26 Å². The molecule has 0 bridgehead atoms. The van der Waals surface area contributed by atoms with Crippen molar-refractivity contribution in [2.75, 3.05) is 43.4 Å². The molecule has 0 amide bonds. The molecule has 0 N–H and O–H groups in total. The maximum Gasteiger partial charge on any atom is 0.146 e. The van der Waals surface area contributed by atoms with Crippen LogP contribution >= 0.6 is 23.4 Å². The van der Waals surface area contributed by atoms with E-state index >= 15 is 0 Å². The third-order valence-electron chi connectivity index (χ3n) is 4.29. The molecule has 1 aromatic heterocycles. The molecule has 0 atom stereocenters. The molecule has 0 spiro atoms. The van der Waals surface area contributed by atoms with Crippen LogP contribution in [-0.4, -0.2) is 48.4 Å². The van der Waals surface area contributed by atoms with Crippen LogP contribution in [0.15, 0.2) is 47.5 Å². The lowest BCUT2D eigenvalue weighted by Crippen LogP contribution is -2.32. The smallest absolute Gasteiger partial charge is 0.146 e. The molecule has 0 unspecified atom stereocenters. The Kier molecular flexibility index (Phi) is 6.57. The molecule has 3 rings (SSSR count). The lowest BCUT2D eigenvalue weighted by molar-refractivity contribution is 0.312. The maximum atomic E-state index is 9.27. The summed E-state index contributed by atoms with van der Waals surface area (Å²) in [6, 6.07) is 13.9. The Labute approximate surface area is 158 Å². The minimum absolute atomic E-state index is 0.661. The van der Waals surface area contributed by atoms with E-state index in [1.165, 1.54) is 4.90 Å². The third-order valence-corrected chi connectivity index (χ3v) is 5.53. The summed E-state index contributed by atoms with van der Waals surface area (Å²) in [6.07, 6.45) is 2.86. The molecule has 25 heavy (non-hydrogen) atoms. The Morgan fingerprint density at radius 1 is 1.12 bits per heavy atom. The van der Waals surface area contributed by atoms with Gasteiger partial charge >= 0.3 is 0 Å². The predicted molar refractivity (Wildman–Crippen MR) is 104 cm³/mol. The Balaban J connectivity index is 1.50. The van der Waals surface area contributed by atoms with Crippen LogP contribution in [0.25, 0.3) is 0 Å². The largest absolute Gasteiger partial charge is 0.354 e. The van der Waals surface area contributed by atoms with Crippen LogP contribution in [0.4, 0.5) is 5.82 Å². The fraction of sp³-hybridized carbons (Fsp3) is 0.368. The maximum absolute atomic E-state index is 9.27. The van der Waals surface area contributed by atoms with Crippen molar-refractivity contribution in [2.24, 2.45) is 0 Å². The Morgan fingerprint density at radius 3 is 2.76 bits per heavy atom. The highest BCUT2D eigenvalue weighted by molar-refractivity contribution is 7.99. The molecular weight excluding hydrogens is 352 g/mol. The van der Waals surface area contributed by atoms with Crippen LogP contribution in [0.2, 0.25) is 5.02 Å². The van der Waals surface area contributed by atoms with Gasteiger partial charge in [-0.1, -0.05) is 11.6 Å². The second kappa shape index (κ2) is 9.10. The van der Waals surface area contributed by atoms with E-state index < -0.39 is 0 Å². The molecule has 130 valence electrons. The highest BCUT2D eigenvalue weighted by atomic mass is 35.5. The molecule has 2 aromatic rings. The van der Waals surface area contributed by atoms with Crippen LogP contribution in [0.5, 0.6) is 0 Å². The fourth-order valence-electron chi connectivity index (χ4n) is 2.97. The summed E-state index contributed by atoms with van der Waals surface area (Å²) in [7, 11) is 0. The molecule has 6 heteroatoms. The zero-order chi connectivity index (χ0) is 17.5. The molecule has 0 aliphatic carbocycles. The molecule has 0 radical (unpaired) electrons. The van der Waals surface area contributed by atoms with Gasteiger partial charge in [0.2, 0.25) is 0 Å². The molecule has 1 aliphatic rings. The first-order valence-electron chi connectivity index (χ1n) is 8.47. The number of rotatable bonds is 5. The van der Waals surface area contributed by atoms with Gasteiger partial charge in [0.15, 0.2) is 0 Å². The first-order chi connectivity index (χ1) is 12.3. The summed E-state index contributed by atoms with van der Waals surface area (Å²) in [5.74, 6) is 1.89. The summed E-state index contributed by atoms with van der Waals surface area (Å²) in [5, 5.41) is 10.1. The number of hydrogen-bond donors (Lipinski definition) is 0. The number of halogens is 1. The van der Waals surface area contributed by atoms with Gasteiger partial charge in [-0.15, -0.1) is 11.8 Å². The number of nitrogens with zero attached hydrogens (tertiary/aromatic N) is 4. The Morgan fingerprint density at radius 2 is 1.96 bits per heavy atom. The predicted octanol–water partition coefficient (Wildman–Crippen LogP) is 3.91. The molecular formula is C19H21ClN4S. The van der Waals surface area contributed by atoms with E-state index in [1.807, 2.05) is 36.0 Å². The van der Waals surface area contributed by atoms with Gasteiger partial charge in [-0.25, -0.2) is 4.98 Å². The lowest BCUT2D eigenvalue weighted by atomic mass is 10.2. The van der Waals surface area contributed by atoms with Crippen molar-refractivity contribution in [3.8, 4) is 6.07 Å². The van der Waals surface area contributed by atoms with E-state index in [4.69, 9.17) is 11.6 Å². The highest BCUT2D eigenvalue weighted by Crippen LogP contribution is 2.21. The number of aromatic nitrogens is 1.